The van der Waals surface area contributed by atoms with Gasteiger partial charge in [0.25, 0.3) is 0 Å². The van der Waals surface area contributed by atoms with Gasteiger partial charge in [-0.05, 0) is 14.0 Å². The van der Waals surface area contributed by atoms with E-state index in [1.54, 1.807) is 11.3 Å². The van der Waals surface area contributed by atoms with Gasteiger partial charge in [-0.3, -0.25) is 0 Å². The Hall–Kier alpha value is -0.610. The van der Waals surface area contributed by atoms with Crippen LogP contribution in [-0.2, 0) is 0 Å². The van der Waals surface area contributed by atoms with Crippen molar-refractivity contribution < 1.29 is 0 Å². The van der Waals surface area contributed by atoms with E-state index >= 15 is 0 Å². The highest BCUT2D eigenvalue weighted by atomic mass is 32.1. The minimum atomic E-state index is 1.11. The fourth-order valence-electron chi connectivity index (χ4n) is 1.53. The SMILES string of the molecule is Cc1nc(N2CCN(C)CC2)cs1. The van der Waals surface area contributed by atoms with Crippen molar-refractivity contribution in [2.45, 2.75) is 6.92 Å². The van der Waals surface area contributed by atoms with E-state index in [2.05, 4.69) is 34.1 Å². The highest BCUT2D eigenvalue weighted by Crippen LogP contribution is 2.18. The van der Waals surface area contributed by atoms with Crippen molar-refractivity contribution in [2.75, 3.05) is 38.1 Å². The molecule has 1 aliphatic rings. The molecule has 1 fully saturated rings. The quantitative estimate of drug-likeness (QED) is 0.674. The van der Waals surface area contributed by atoms with Gasteiger partial charge in [0.2, 0.25) is 0 Å². The maximum Gasteiger partial charge on any atom is 0.139 e. The minimum absolute atomic E-state index is 1.11. The molecule has 1 aliphatic heterocycles. The molecule has 13 heavy (non-hydrogen) atoms. The topological polar surface area (TPSA) is 19.4 Å². The molecule has 0 spiro atoms. The summed E-state index contributed by atoms with van der Waals surface area (Å²) in [7, 11) is 2.17. The van der Waals surface area contributed by atoms with Crippen LogP contribution in [0.2, 0.25) is 0 Å². The highest BCUT2D eigenvalue weighted by molar-refractivity contribution is 7.09. The van der Waals surface area contributed by atoms with Crippen molar-refractivity contribution in [1.82, 2.24) is 9.88 Å². The summed E-state index contributed by atoms with van der Waals surface area (Å²) in [6.45, 7) is 6.58. The molecular formula is C9H15N3S. The van der Waals surface area contributed by atoms with Gasteiger partial charge in [0, 0.05) is 31.6 Å². The van der Waals surface area contributed by atoms with Crippen LogP contribution in [0.3, 0.4) is 0 Å². The summed E-state index contributed by atoms with van der Waals surface area (Å²) in [5.41, 5.74) is 0. The molecule has 2 heterocycles. The lowest BCUT2D eigenvalue weighted by Gasteiger charge is -2.32. The van der Waals surface area contributed by atoms with E-state index < -0.39 is 0 Å². The van der Waals surface area contributed by atoms with Gasteiger partial charge >= 0.3 is 0 Å². The van der Waals surface area contributed by atoms with Gasteiger partial charge in [0.05, 0.1) is 5.01 Å². The van der Waals surface area contributed by atoms with Gasteiger partial charge in [0.1, 0.15) is 5.82 Å². The van der Waals surface area contributed by atoms with E-state index in [0.29, 0.717) is 0 Å². The average molecular weight is 197 g/mol. The van der Waals surface area contributed by atoms with Crippen molar-refractivity contribution in [1.29, 1.82) is 0 Å². The second kappa shape index (κ2) is 3.64. The van der Waals surface area contributed by atoms with Crippen LogP contribution in [0.1, 0.15) is 5.01 Å². The standard InChI is InChI=1S/C9H15N3S/c1-8-10-9(7-13-8)12-5-3-11(2)4-6-12/h7H,3-6H2,1-2H3. The molecule has 0 unspecified atom stereocenters. The van der Waals surface area contributed by atoms with Gasteiger partial charge in [-0.2, -0.15) is 0 Å². The Bertz CT molecular complexity index is 276. The van der Waals surface area contributed by atoms with E-state index in [1.165, 1.54) is 0 Å². The molecule has 0 amide bonds. The summed E-state index contributed by atoms with van der Waals surface area (Å²) in [5, 5.41) is 3.31. The number of piperazine rings is 1. The molecule has 1 saturated heterocycles. The Morgan fingerprint density at radius 2 is 2.00 bits per heavy atom. The van der Waals surface area contributed by atoms with Gasteiger partial charge in [-0.15, -0.1) is 11.3 Å². The number of thiazole rings is 1. The van der Waals surface area contributed by atoms with E-state index in [1.807, 2.05) is 0 Å². The van der Waals surface area contributed by atoms with Gasteiger partial charge < -0.3 is 9.80 Å². The zero-order valence-electron chi connectivity index (χ0n) is 8.16. The Balaban J connectivity index is 2.02. The maximum absolute atomic E-state index is 4.49. The summed E-state index contributed by atoms with van der Waals surface area (Å²) in [6.07, 6.45) is 0. The van der Waals surface area contributed by atoms with E-state index in [4.69, 9.17) is 0 Å². The first-order valence-electron chi connectivity index (χ1n) is 4.61. The third kappa shape index (κ3) is 2.00. The molecule has 1 aromatic heterocycles. The Kier molecular flexibility index (Phi) is 2.51. The zero-order chi connectivity index (χ0) is 9.26. The van der Waals surface area contributed by atoms with Crippen LogP contribution in [0.5, 0.6) is 0 Å². The largest absolute Gasteiger partial charge is 0.353 e. The van der Waals surface area contributed by atoms with Crippen LogP contribution >= 0.6 is 11.3 Å². The number of hydrogen-bond acceptors (Lipinski definition) is 4. The summed E-state index contributed by atoms with van der Waals surface area (Å²) in [6, 6.07) is 0. The van der Waals surface area contributed by atoms with E-state index in [9.17, 15) is 0 Å². The normalized spacial score (nSPS) is 19.4. The predicted octanol–water partition coefficient (Wildman–Crippen LogP) is 1.20. The third-order valence-corrected chi connectivity index (χ3v) is 3.20. The van der Waals surface area contributed by atoms with Gasteiger partial charge in [-0.1, -0.05) is 0 Å². The Labute approximate surface area is 83.0 Å². The highest BCUT2D eigenvalue weighted by Gasteiger charge is 2.15. The second-order valence-electron chi connectivity index (χ2n) is 3.52. The van der Waals surface area contributed by atoms with Crippen LogP contribution in [0.25, 0.3) is 0 Å². The summed E-state index contributed by atoms with van der Waals surface area (Å²) >= 11 is 1.73. The fourth-order valence-corrected chi connectivity index (χ4v) is 2.16. The van der Waals surface area contributed by atoms with Crippen LogP contribution in [-0.4, -0.2) is 43.1 Å². The van der Waals surface area contributed by atoms with Crippen molar-refractivity contribution in [3.8, 4) is 0 Å². The molecule has 72 valence electrons. The summed E-state index contributed by atoms with van der Waals surface area (Å²) in [4.78, 5) is 9.21. The molecule has 0 bridgehead atoms. The molecule has 1 aromatic rings. The van der Waals surface area contributed by atoms with Crippen LogP contribution in [0.15, 0.2) is 5.38 Å². The molecule has 4 heteroatoms. The van der Waals surface area contributed by atoms with Crippen LogP contribution in [0.4, 0.5) is 5.82 Å². The van der Waals surface area contributed by atoms with Crippen LogP contribution < -0.4 is 4.90 Å². The van der Waals surface area contributed by atoms with Crippen LogP contribution in [0, 0.1) is 6.92 Å². The lowest BCUT2D eigenvalue weighted by Crippen LogP contribution is -2.44. The smallest absolute Gasteiger partial charge is 0.139 e. The van der Waals surface area contributed by atoms with Gasteiger partial charge in [-0.25, -0.2) is 4.98 Å². The van der Waals surface area contributed by atoms with E-state index in [0.717, 1.165) is 37.0 Å². The number of anilines is 1. The number of likely N-dealkylation sites (N-methyl/N-ethyl adjacent to an activating group) is 1. The predicted molar refractivity (Wildman–Crippen MR) is 56.6 cm³/mol. The maximum atomic E-state index is 4.49. The van der Waals surface area contributed by atoms with Gasteiger partial charge in [0.15, 0.2) is 0 Å². The first-order chi connectivity index (χ1) is 6.25. The zero-order valence-corrected chi connectivity index (χ0v) is 8.97. The molecule has 0 saturated carbocycles. The first kappa shape index (κ1) is 8.97. The number of rotatable bonds is 1. The molecule has 2 rings (SSSR count). The Morgan fingerprint density at radius 1 is 1.31 bits per heavy atom. The molecule has 0 aliphatic carbocycles. The number of aromatic nitrogens is 1. The lowest BCUT2D eigenvalue weighted by atomic mass is 10.3. The first-order valence-corrected chi connectivity index (χ1v) is 5.49. The summed E-state index contributed by atoms with van der Waals surface area (Å²) < 4.78 is 0. The Morgan fingerprint density at radius 3 is 2.54 bits per heavy atom. The van der Waals surface area contributed by atoms with Crippen molar-refractivity contribution in [3.05, 3.63) is 10.4 Å². The molecule has 3 nitrogen and oxygen atoms in total. The molecular weight excluding hydrogens is 182 g/mol. The monoisotopic (exact) mass is 197 g/mol. The third-order valence-electron chi connectivity index (χ3n) is 2.43. The van der Waals surface area contributed by atoms with Crippen molar-refractivity contribution in [3.63, 3.8) is 0 Å². The molecule has 0 radical (unpaired) electrons. The summed E-state index contributed by atoms with van der Waals surface area (Å²) in [5.74, 6) is 1.16. The number of nitrogens with zero attached hydrogens (tertiary/aromatic N) is 3. The lowest BCUT2D eigenvalue weighted by molar-refractivity contribution is 0.312. The van der Waals surface area contributed by atoms with E-state index in [-0.39, 0.29) is 0 Å². The second-order valence-corrected chi connectivity index (χ2v) is 4.58. The number of aryl methyl sites for hydroxylation is 1. The fraction of sp³-hybridized carbons (Fsp3) is 0.667. The average Bonchev–Trinajstić information content (AvgIpc) is 2.53. The molecule has 0 aromatic carbocycles. The molecule has 0 atom stereocenters. The van der Waals surface area contributed by atoms with Crippen molar-refractivity contribution in [2.24, 2.45) is 0 Å². The minimum Gasteiger partial charge on any atom is -0.353 e. The molecule has 0 N–H and O–H groups in total. The van der Waals surface area contributed by atoms with Crippen molar-refractivity contribution >= 4 is 17.2 Å². The number of hydrogen-bond donors (Lipinski definition) is 0.